The van der Waals surface area contributed by atoms with Crippen LogP contribution in [0.5, 0.6) is 17.4 Å². The first kappa shape index (κ1) is 18.8. The fraction of sp³-hybridized carbons (Fsp3) is 0.211. The summed E-state index contributed by atoms with van der Waals surface area (Å²) >= 11 is 5.02. The zero-order valence-corrected chi connectivity index (χ0v) is 17.8. The molecule has 0 aliphatic carbocycles. The highest BCUT2D eigenvalue weighted by molar-refractivity contribution is 9.10. The normalized spacial score (nSPS) is 14.8. The van der Waals surface area contributed by atoms with Crippen LogP contribution in [-0.4, -0.2) is 35.7 Å². The van der Waals surface area contributed by atoms with Gasteiger partial charge in [0, 0.05) is 21.3 Å². The lowest BCUT2D eigenvalue weighted by Gasteiger charge is -2.22. The number of para-hydroxylation sites is 1. The van der Waals surface area contributed by atoms with Gasteiger partial charge in [-0.1, -0.05) is 45.9 Å². The van der Waals surface area contributed by atoms with E-state index in [0.717, 1.165) is 21.3 Å². The van der Waals surface area contributed by atoms with E-state index in [1.807, 2.05) is 42.7 Å². The first-order valence-corrected chi connectivity index (χ1v) is 10.4. The third-order valence-electron chi connectivity index (χ3n) is 4.30. The zero-order chi connectivity index (χ0) is 19.7. The second-order valence-electron chi connectivity index (χ2n) is 5.87. The number of fused-ring (bicyclic) bond motifs is 3. The van der Waals surface area contributed by atoms with Gasteiger partial charge in [-0.3, -0.25) is 0 Å². The van der Waals surface area contributed by atoms with E-state index in [0.29, 0.717) is 28.2 Å². The minimum Gasteiger partial charge on any atom is -0.493 e. The van der Waals surface area contributed by atoms with Crippen LogP contribution in [0.3, 0.4) is 0 Å². The van der Waals surface area contributed by atoms with Crippen molar-refractivity contribution in [3.8, 4) is 28.6 Å². The van der Waals surface area contributed by atoms with E-state index in [-0.39, 0.29) is 0 Å². The molecular formula is C19H17BrN4O3S. The number of benzene rings is 2. The lowest BCUT2D eigenvalue weighted by atomic mass is 10.1. The molecule has 2 heterocycles. The fourth-order valence-corrected chi connectivity index (χ4v) is 3.77. The summed E-state index contributed by atoms with van der Waals surface area (Å²) in [6, 6.07) is 11.6. The molecule has 1 aromatic heterocycles. The van der Waals surface area contributed by atoms with Crippen LogP contribution >= 0.6 is 27.7 Å². The Bertz CT molecular complexity index is 1030. The number of anilines is 1. The number of ether oxygens (including phenoxy) is 3. The molecule has 144 valence electrons. The van der Waals surface area contributed by atoms with Crippen molar-refractivity contribution in [2.45, 2.75) is 11.4 Å². The van der Waals surface area contributed by atoms with Crippen LogP contribution in [0.25, 0.3) is 11.3 Å². The van der Waals surface area contributed by atoms with E-state index in [1.54, 1.807) is 14.2 Å². The highest BCUT2D eigenvalue weighted by Crippen LogP contribution is 2.42. The Morgan fingerprint density at radius 1 is 1.11 bits per heavy atom. The number of thioether (sulfide) groups is 1. The van der Waals surface area contributed by atoms with Crippen molar-refractivity contribution in [3.05, 3.63) is 46.4 Å². The number of hydrogen-bond acceptors (Lipinski definition) is 8. The summed E-state index contributed by atoms with van der Waals surface area (Å²) in [6.45, 7) is 0. The Balaban J connectivity index is 1.86. The van der Waals surface area contributed by atoms with Crippen molar-refractivity contribution in [3.63, 3.8) is 0 Å². The summed E-state index contributed by atoms with van der Waals surface area (Å²) in [4.78, 5) is 4.53. The van der Waals surface area contributed by atoms with Crippen molar-refractivity contribution in [2.24, 2.45) is 0 Å². The van der Waals surface area contributed by atoms with E-state index in [2.05, 4.69) is 36.4 Å². The Morgan fingerprint density at radius 2 is 1.86 bits per heavy atom. The van der Waals surface area contributed by atoms with Gasteiger partial charge in [-0.15, -0.1) is 10.2 Å². The molecule has 0 amide bonds. The Kier molecular flexibility index (Phi) is 5.27. The van der Waals surface area contributed by atoms with E-state index >= 15 is 0 Å². The van der Waals surface area contributed by atoms with Gasteiger partial charge in [0.15, 0.2) is 23.4 Å². The smallest absolute Gasteiger partial charge is 0.247 e. The number of nitrogens with zero attached hydrogens (tertiary/aromatic N) is 3. The maximum absolute atomic E-state index is 6.26. The third-order valence-corrected chi connectivity index (χ3v) is 5.53. The molecule has 0 spiro atoms. The number of halogens is 1. The van der Waals surface area contributed by atoms with Crippen LogP contribution < -0.4 is 19.5 Å². The molecule has 0 fully saturated rings. The summed E-state index contributed by atoms with van der Waals surface area (Å²) < 4.78 is 17.9. The maximum atomic E-state index is 6.26. The average Bonchev–Trinajstić information content (AvgIpc) is 2.89. The molecule has 9 heteroatoms. The molecule has 28 heavy (non-hydrogen) atoms. The van der Waals surface area contributed by atoms with E-state index in [9.17, 15) is 0 Å². The van der Waals surface area contributed by atoms with Gasteiger partial charge in [0.1, 0.15) is 0 Å². The molecule has 4 rings (SSSR count). The summed E-state index contributed by atoms with van der Waals surface area (Å²) in [5, 5.41) is 12.5. The maximum Gasteiger partial charge on any atom is 0.247 e. The van der Waals surface area contributed by atoms with Crippen molar-refractivity contribution in [1.29, 1.82) is 0 Å². The number of methoxy groups -OCH3 is 2. The molecule has 1 aliphatic rings. The van der Waals surface area contributed by atoms with Crippen LogP contribution in [0.4, 0.5) is 5.69 Å². The van der Waals surface area contributed by atoms with Crippen LogP contribution in [0.1, 0.15) is 11.8 Å². The van der Waals surface area contributed by atoms with Crippen molar-refractivity contribution in [1.82, 2.24) is 15.2 Å². The molecular weight excluding hydrogens is 444 g/mol. The first-order valence-electron chi connectivity index (χ1n) is 8.37. The van der Waals surface area contributed by atoms with Gasteiger partial charge < -0.3 is 19.5 Å². The van der Waals surface area contributed by atoms with Crippen LogP contribution in [0.15, 0.2) is 46.0 Å². The monoisotopic (exact) mass is 460 g/mol. The minimum absolute atomic E-state index is 0.420. The standard InChI is InChI=1S/C19H17BrN4O3S/c1-25-14-8-11(12(20)9-15(14)26-2)17-21-13-7-5-4-6-10(13)16-18(27-17)22-19(28-3)24-23-16/h4-9,17,21H,1-3H3/t17-/m1/s1. The van der Waals surface area contributed by atoms with Gasteiger partial charge in [0.25, 0.3) is 0 Å². The summed E-state index contributed by atoms with van der Waals surface area (Å²) in [5.41, 5.74) is 3.19. The molecule has 0 bridgehead atoms. The Hall–Kier alpha value is -2.52. The van der Waals surface area contributed by atoms with Gasteiger partial charge >= 0.3 is 0 Å². The molecule has 1 aliphatic heterocycles. The quantitative estimate of drug-likeness (QED) is 0.568. The predicted octanol–water partition coefficient (Wildman–Crippen LogP) is 4.54. The zero-order valence-electron chi connectivity index (χ0n) is 15.4. The largest absolute Gasteiger partial charge is 0.493 e. The Labute approximate surface area is 175 Å². The van der Waals surface area contributed by atoms with E-state index < -0.39 is 6.23 Å². The molecule has 0 unspecified atom stereocenters. The number of rotatable bonds is 4. The van der Waals surface area contributed by atoms with Crippen molar-refractivity contribution in [2.75, 3.05) is 25.8 Å². The highest BCUT2D eigenvalue weighted by Gasteiger charge is 2.28. The van der Waals surface area contributed by atoms with Gasteiger partial charge in [0.05, 0.1) is 14.2 Å². The van der Waals surface area contributed by atoms with Crippen LogP contribution in [0.2, 0.25) is 0 Å². The molecule has 0 radical (unpaired) electrons. The second-order valence-corrected chi connectivity index (χ2v) is 7.50. The van der Waals surface area contributed by atoms with Gasteiger partial charge in [0.2, 0.25) is 11.0 Å². The predicted molar refractivity (Wildman–Crippen MR) is 111 cm³/mol. The fourth-order valence-electron chi connectivity index (χ4n) is 2.95. The second kappa shape index (κ2) is 7.84. The molecule has 3 aromatic rings. The topological polar surface area (TPSA) is 78.4 Å². The van der Waals surface area contributed by atoms with Crippen LogP contribution in [0, 0.1) is 0 Å². The molecule has 0 saturated carbocycles. The Morgan fingerprint density at radius 3 is 2.61 bits per heavy atom. The van der Waals surface area contributed by atoms with Gasteiger partial charge in [-0.25, -0.2) is 0 Å². The van der Waals surface area contributed by atoms with Gasteiger partial charge in [-0.05, 0) is 24.5 Å². The number of aromatic nitrogens is 3. The molecule has 1 atom stereocenters. The molecule has 2 aromatic carbocycles. The average molecular weight is 461 g/mol. The van der Waals surface area contributed by atoms with Crippen LogP contribution in [-0.2, 0) is 0 Å². The number of nitrogens with one attached hydrogen (secondary N) is 1. The van der Waals surface area contributed by atoms with E-state index in [4.69, 9.17) is 14.2 Å². The minimum atomic E-state index is -0.525. The summed E-state index contributed by atoms with van der Waals surface area (Å²) in [5.74, 6) is 1.65. The molecule has 0 saturated heterocycles. The van der Waals surface area contributed by atoms with Crippen molar-refractivity contribution >= 4 is 33.4 Å². The lowest BCUT2D eigenvalue weighted by molar-refractivity contribution is 0.223. The van der Waals surface area contributed by atoms with Gasteiger partial charge in [-0.2, -0.15) is 4.98 Å². The highest BCUT2D eigenvalue weighted by atomic mass is 79.9. The molecule has 1 N–H and O–H groups in total. The molecule has 7 nitrogen and oxygen atoms in total. The SMILES string of the molecule is COc1cc(Br)c([C@@H]2Nc3ccccc3-c3nnc(SC)nc3O2)cc1OC. The first-order chi connectivity index (χ1) is 13.6. The third kappa shape index (κ3) is 3.35. The lowest BCUT2D eigenvalue weighted by Crippen LogP contribution is -2.18. The van der Waals surface area contributed by atoms with E-state index in [1.165, 1.54) is 11.8 Å². The number of hydrogen-bond donors (Lipinski definition) is 1. The summed E-state index contributed by atoms with van der Waals surface area (Å²) in [6.07, 6.45) is 1.37. The van der Waals surface area contributed by atoms with Crippen molar-refractivity contribution < 1.29 is 14.2 Å². The summed E-state index contributed by atoms with van der Waals surface area (Å²) in [7, 11) is 3.20.